The number of rotatable bonds is 4. The van der Waals surface area contributed by atoms with Crippen molar-refractivity contribution in [1.82, 2.24) is 20.8 Å². The van der Waals surface area contributed by atoms with E-state index in [0.29, 0.717) is 18.0 Å². The molecule has 0 spiro atoms. The van der Waals surface area contributed by atoms with Crippen molar-refractivity contribution in [2.75, 3.05) is 13.1 Å². The van der Waals surface area contributed by atoms with Gasteiger partial charge >= 0.3 is 0 Å². The number of hydrogen-bond acceptors (Lipinski definition) is 3. The molecular formula is C18H24N4O. The second kappa shape index (κ2) is 6.96. The highest BCUT2D eigenvalue weighted by atomic mass is 16.1. The first-order valence-corrected chi connectivity index (χ1v) is 8.24. The van der Waals surface area contributed by atoms with E-state index < -0.39 is 0 Å². The van der Waals surface area contributed by atoms with Gasteiger partial charge in [0.1, 0.15) is 0 Å². The Hall–Kier alpha value is -2.14. The summed E-state index contributed by atoms with van der Waals surface area (Å²) in [4.78, 5) is 12.3. The summed E-state index contributed by atoms with van der Waals surface area (Å²) in [6.07, 6.45) is 2.44. The van der Waals surface area contributed by atoms with Crippen LogP contribution in [0.15, 0.2) is 24.3 Å². The largest absolute Gasteiger partial charge is 0.348 e. The molecule has 2 aromatic rings. The Kier molecular flexibility index (Phi) is 4.76. The predicted octanol–water partition coefficient (Wildman–Crippen LogP) is 2.42. The molecule has 1 amide bonds. The van der Waals surface area contributed by atoms with Crippen LogP contribution in [0.1, 0.15) is 51.6 Å². The van der Waals surface area contributed by atoms with Crippen molar-refractivity contribution in [3.8, 4) is 0 Å². The molecule has 1 fully saturated rings. The minimum Gasteiger partial charge on any atom is -0.348 e. The average Bonchev–Trinajstić information content (AvgIpc) is 2.92. The Morgan fingerprint density at radius 3 is 2.70 bits per heavy atom. The summed E-state index contributed by atoms with van der Waals surface area (Å²) >= 11 is 0. The van der Waals surface area contributed by atoms with Gasteiger partial charge in [-0.2, -0.15) is 5.10 Å². The van der Waals surface area contributed by atoms with Gasteiger partial charge in [-0.05, 0) is 56.8 Å². The highest BCUT2D eigenvalue weighted by Gasteiger charge is 2.15. The smallest absolute Gasteiger partial charge is 0.251 e. The molecule has 1 aliphatic rings. The number of H-pyrrole nitrogens is 1. The molecule has 3 N–H and O–H groups in total. The van der Waals surface area contributed by atoms with Crippen molar-refractivity contribution in [2.24, 2.45) is 0 Å². The summed E-state index contributed by atoms with van der Waals surface area (Å²) in [5.74, 6) is 0.524. The molecule has 1 unspecified atom stereocenters. The zero-order valence-corrected chi connectivity index (χ0v) is 13.8. The van der Waals surface area contributed by atoms with Gasteiger partial charge in [-0.15, -0.1) is 0 Å². The molecule has 2 heterocycles. The Morgan fingerprint density at radius 2 is 2.09 bits per heavy atom. The maximum atomic E-state index is 12.3. The number of benzene rings is 1. The van der Waals surface area contributed by atoms with E-state index >= 15 is 0 Å². The molecule has 1 saturated heterocycles. The third kappa shape index (κ3) is 3.62. The topological polar surface area (TPSA) is 69.8 Å². The lowest BCUT2D eigenvalue weighted by molar-refractivity contribution is 0.0951. The molecule has 1 aromatic heterocycles. The van der Waals surface area contributed by atoms with E-state index in [1.807, 2.05) is 26.0 Å². The molecule has 3 rings (SSSR count). The van der Waals surface area contributed by atoms with Crippen molar-refractivity contribution in [3.63, 3.8) is 0 Å². The minimum absolute atomic E-state index is 0.0432. The van der Waals surface area contributed by atoms with E-state index in [2.05, 4.69) is 33.0 Å². The molecule has 0 radical (unpaired) electrons. The predicted molar refractivity (Wildman–Crippen MR) is 90.5 cm³/mol. The number of carbonyl (C=O) groups is 1. The van der Waals surface area contributed by atoms with Crippen LogP contribution in [0.25, 0.3) is 0 Å². The van der Waals surface area contributed by atoms with Gasteiger partial charge in [0, 0.05) is 29.9 Å². The Bertz CT molecular complexity index is 649. The molecular weight excluding hydrogens is 288 g/mol. The molecule has 5 heteroatoms. The van der Waals surface area contributed by atoms with E-state index in [0.717, 1.165) is 30.0 Å². The molecule has 23 heavy (non-hydrogen) atoms. The number of nitrogens with zero attached hydrogens (tertiary/aromatic N) is 1. The lowest BCUT2D eigenvalue weighted by Gasteiger charge is -2.23. The number of aryl methyl sites for hydroxylation is 2. The Labute approximate surface area is 136 Å². The maximum absolute atomic E-state index is 12.3. The summed E-state index contributed by atoms with van der Waals surface area (Å²) in [6.45, 7) is 6.56. The van der Waals surface area contributed by atoms with Gasteiger partial charge in [0.05, 0.1) is 5.69 Å². The van der Waals surface area contributed by atoms with Crippen molar-refractivity contribution < 1.29 is 4.79 Å². The van der Waals surface area contributed by atoms with Crippen molar-refractivity contribution in [3.05, 3.63) is 52.3 Å². The van der Waals surface area contributed by atoms with Gasteiger partial charge in [0.25, 0.3) is 5.91 Å². The summed E-state index contributed by atoms with van der Waals surface area (Å²) in [5.41, 5.74) is 5.01. The van der Waals surface area contributed by atoms with E-state index in [9.17, 15) is 4.79 Å². The number of aromatic nitrogens is 2. The van der Waals surface area contributed by atoms with Crippen LogP contribution in [-0.2, 0) is 6.54 Å². The summed E-state index contributed by atoms with van der Waals surface area (Å²) in [7, 11) is 0. The SMILES string of the molecule is Cc1n[nH]c(C)c1CNC(=O)c1ccc(C2CCCNC2)cc1. The third-order valence-electron chi connectivity index (χ3n) is 4.65. The fourth-order valence-corrected chi connectivity index (χ4v) is 3.15. The van der Waals surface area contributed by atoms with E-state index in [-0.39, 0.29) is 5.91 Å². The highest BCUT2D eigenvalue weighted by Crippen LogP contribution is 2.23. The van der Waals surface area contributed by atoms with Crippen LogP contribution in [-0.4, -0.2) is 29.2 Å². The maximum Gasteiger partial charge on any atom is 0.251 e. The second-order valence-corrected chi connectivity index (χ2v) is 6.26. The molecule has 0 saturated carbocycles. The van der Waals surface area contributed by atoms with Crippen molar-refractivity contribution in [1.29, 1.82) is 0 Å². The first-order valence-electron chi connectivity index (χ1n) is 8.24. The number of amides is 1. The van der Waals surface area contributed by atoms with Crippen LogP contribution in [0.5, 0.6) is 0 Å². The second-order valence-electron chi connectivity index (χ2n) is 6.26. The summed E-state index contributed by atoms with van der Waals surface area (Å²) in [6, 6.07) is 8.02. The van der Waals surface area contributed by atoms with E-state index in [4.69, 9.17) is 0 Å². The molecule has 1 atom stereocenters. The van der Waals surface area contributed by atoms with Crippen molar-refractivity contribution >= 4 is 5.91 Å². The molecule has 5 nitrogen and oxygen atoms in total. The van der Waals surface area contributed by atoms with Crippen LogP contribution in [0.3, 0.4) is 0 Å². The van der Waals surface area contributed by atoms with Crippen LogP contribution < -0.4 is 10.6 Å². The molecule has 1 aliphatic heterocycles. The van der Waals surface area contributed by atoms with Gasteiger partial charge in [0.2, 0.25) is 0 Å². The number of piperidine rings is 1. The zero-order valence-electron chi connectivity index (χ0n) is 13.8. The average molecular weight is 312 g/mol. The van der Waals surface area contributed by atoms with Gasteiger partial charge in [-0.25, -0.2) is 0 Å². The van der Waals surface area contributed by atoms with Crippen LogP contribution in [0.2, 0.25) is 0 Å². The van der Waals surface area contributed by atoms with E-state index in [1.165, 1.54) is 18.4 Å². The normalized spacial score (nSPS) is 17.9. The van der Waals surface area contributed by atoms with Gasteiger partial charge in [-0.3, -0.25) is 9.89 Å². The highest BCUT2D eigenvalue weighted by molar-refractivity contribution is 5.94. The molecule has 0 aliphatic carbocycles. The fourth-order valence-electron chi connectivity index (χ4n) is 3.15. The van der Waals surface area contributed by atoms with Crippen LogP contribution >= 0.6 is 0 Å². The van der Waals surface area contributed by atoms with Gasteiger partial charge in [0.15, 0.2) is 0 Å². The Morgan fingerprint density at radius 1 is 1.30 bits per heavy atom. The molecule has 0 bridgehead atoms. The number of nitrogens with one attached hydrogen (secondary N) is 3. The fraction of sp³-hybridized carbons (Fsp3) is 0.444. The van der Waals surface area contributed by atoms with Crippen molar-refractivity contribution in [2.45, 2.75) is 39.2 Å². The van der Waals surface area contributed by atoms with E-state index in [1.54, 1.807) is 0 Å². The quantitative estimate of drug-likeness (QED) is 0.812. The number of hydrogen-bond donors (Lipinski definition) is 3. The molecule has 1 aromatic carbocycles. The Balaban J connectivity index is 1.61. The van der Waals surface area contributed by atoms with Crippen LogP contribution in [0, 0.1) is 13.8 Å². The molecule has 122 valence electrons. The third-order valence-corrected chi connectivity index (χ3v) is 4.65. The zero-order chi connectivity index (χ0) is 16.2. The summed E-state index contributed by atoms with van der Waals surface area (Å²) in [5, 5.41) is 13.5. The van der Waals surface area contributed by atoms with Crippen LogP contribution in [0.4, 0.5) is 0 Å². The minimum atomic E-state index is -0.0432. The standard InChI is InChI=1S/C18H24N4O/c1-12-17(13(2)22-21-12)11-20-18(23)15-7-5-14(6-8-15)16-4-3-9-19-10-16/h5-8,16,19H,3-4,9-11H2,1-2H3,(H,20,23)(H,21,22). The lowest BCUT2D eigenvalue weighted by Crippen LogP contribution is -2.28. The monoisotopic (exact) mass is 312 g/mol. The first-order chi connectivity index (χ1) is 11.1. The number of carbonyl (C=O) groups excluding carboxylic acids is 1. The lowest BCUT2D eigenvalue weighted by atomic mass is 9.91. The summed E-state index contributed by atoms with van der Waals surface area (Å²) < 4.78 is 0. The van der Waals surface area contributed by atoms with Gasteiger partial charge < -0.3 is 10.6 Å². The van der Waals surface area contributed by atoms with Gasteiger partial charge in [-0.1, -0.05) is 12.1 Å². The number of aromatic amines is 1. The first kappa shape index (κ1) is 15.7.